The second kappa shape index (κ2) is 15.5. The summed E-state index contributed by atoms with van der Waals surface area (Å²) in [6.07, 6.45) is 3.45. The van der Waals surface area contributed by atoms with E-state index in [1.807, 2.05) is 0 Å². The number of amides is 2. The predicted molar refractivity (Wildman–Crippen MR) is 168 cm³/mol. The molecule has 0 unspecified atom stereocenters. The maximum Gasteiger partial charge on any atom is 0.243 e. The van der Waals surface area contributed by atoms with Crippen molar-refractivity contribution in [2.75, 3.05) is 25.9 Å². The van der Waals surface area contributed by atoms with Crippen LogP contribution in [0.5, 0.6) is 0 Å². The summed E-state index contributed by atoms with van der Waals surface area (Å²) in [7, 11) is -3.73. The van der Waals surface area contributed by atoms with Crippen molar-refractivity contribution in [2.24, 2.45) is 5.92 Å². The van der Waals surface area contributed by atoms with Crippen LogP contribution in [0, 0.1) is 11.7 Å². The van der Waals surface area contributed by atoms with Crippen LogP contribution in [0.3, 0.4) is 0 Å². The number of sulfonamides is 1. The van der Waals surface area contributed by atoms with Gasteiger partial charge in [0.1, 0.15) is 17.9 Å². The molecule has 3 atom stereocenters. The van der Waals surface area contributed by atoms with Gasteiger partial charge in [-0.2, -0.15) is 0 Å². The van der Waals surface area contributed by atoms with Gasteiger partial charge in [-0.05, 0) is 68.5 Å². The van der Waals surface area contributed by atoms with Crippen LogP contribution in [0.1, 0.15) is 43.2 Å². The minimum absolute atomic E-state index is 0.0439. The van der Waals surface area contributed by atoms with Crippen molar-refractivity contribution in [3.8, 4) is 0 Å². The first-order valence-electron chi connectivity index (χ1n) is 14.2. The molecule has 2 heterocycles. The van der Waals surface area contributed by atoms with Crippen molar-refractivity contribution in [3.63, 3.8) is 0 Å². The van der Waals surface area contributed by atoms with Crippen LogP contribution in [0.25, 0.3) is 0 Å². The van der Waals surface area contributed by atoms with E-state index in [1.54, 1.807) is 30.3 Å². The maximum atomic E-state index is 14.4. The fourth-order valence-corrected chi connectivity index (χ4v) is 6.96. The van der Waals surface area contributed by atoms with Crippen molar-refractivity contribution in [3.05, 3.63) is 67.9 Å². The van der Waals surface area contributed by atoms with Crippen LogP contribution in [0.15, 0.2) is 40.9 Å². The minimum Gasteiger partial charge on any atom is -0.371 e. The Morgan fingerprint density at radius 3 is 2.63 bits per heavy atom. The summed E-state index contributed by atoms with van der Waals surface area (Å²) in [6, 6.07) is 7.76. The van der Waals surface area contributed by atoms with Crippen LogP contribution < -0.4 is 15.4 Å². The number of hydrogen-bond donors (Lipinski definition) is 3. The van der Waals surface area contributed by atoms with Gasteiger partial charge in [-0.1, -0.05) is 57.3 Å². The van der Waals surface area contributed by atoms with E-state index < -0.39 is 45.8 Å². The Morgan fingerprint density at radius 1 is 1.19 bits per heavy atom. The van der Waals surface area contributed by atoms with E-state index in [4.69, 9.17) is 27.9 Å². The van der Waals surface area contributed by atoms with E-state index in [-0.39, 0.29) is 26.1 Å². The number of piperidine rings is 1. The van der Waals surface area contributed by atoms with E-state index in [0.29, 0.717) is 44.4 Å². The van der Waals surface area contributed by atoms with Crippen molar-refractivity contribution >= 4 is 61.0 Å². The van der Waals surface area contributed by atoms with Gasteiger partial charge < -0.3 is 20.3 Å². The van der Waals surface area contributed by atoms with Crippen molar-refractivity contribution < 1.29 is 27.1 Å². The Labute approximate surface area is 270 Å². The highest BCUT2D eigenvalue weighted by Gasteiger charge is 2.42. The largest absolute Gasteiger partial charge is 0.371 e. The Hall–Kier alpha value is -1.80. The normalized spacial score (nSPS) is 20.3. The number of hydrogen-bond acceptors (Lipinski definition) is 6. The fourth-order valence-electron chi connectivity index (χ4n) is 5.51. The van der Waals surface area contributed by atoms with E-state index in [0.717, 1.165) is 32.2 Å². The molecule has 0 radical (unpaired) electrons. The average molecular weight is 723 g/mol. The fraction of sp³-hybridized carbons (Fsp3) is 0.517. The predicted octanol–water partition coefficient (Wildman–Crippen LogP) is 4.40. The van der Waals surface area contributed by atoms with Crippen LogP contribution in [0.4, 0.5) is 4.39 Å². The number of ether oxygens (including phenoxy) is 1. The number of benzene rings is 2. The molecule has 43 heavy (non-hydrogen) atoms. The molecule has 0 bridgehead atoms. The van der Waals surface area contributed by atoms with Gasteiger partial charge in [-0.15, -0.1) is 0 Å². The number of carbonyl (C=O) groups excluding carboxylic acids is 2. The highest BCUT2D eigenvalue weighted by atomic mass is 79.9. The Bertz CT molecular complexity index is 1410. The van der Waals surface area contributed by atoms with Crippen molar-refractivity contribution in [1.29, 1.82) is 0 Å². The summed E-state index contributed by atoms with van der Waals surface area (Å²) in [4.78, 5) is 28.8. The van der Waals surface area contributed by atoms with Gasteiger partial charge in [0, 0.05) is 29.5 Å². The molecule has 2 aliphatic heterocycles. The molecule has 0 saturated carbocycles. The number of halogens is 4. The molecule has 0 aliphatic carbocycles. The molecule has 2 amide bonds. The summed E-state index contributed by atoms with van der Waals surface area (Å²) in [5.41, 5.74) is 0.943. The number of nitrogens with one attached hydrogen (secondary N) is 3. The first-order chi connectivity index (χ1) is 20.4. The summed E-state index contributed by atoms with van der Waals surface area (Å²) >= 11 is 15.6. The second-order valence-corrected chi connectivity index (χ2v) is 14.5. The highest BCUT2D eigenvalue weighted by molar-refractivity contribution is 9.10. The summed E-state index contributed by atoms with van der Waals surface area (Å²) in [5.74, 6) is -1.01. The lowest BCUT2D eigenvalue weighted by atomic mass is 9.91. The number of nitrogens with zero attached hydrogens (tertiary/aromatic N) is 1. The maximum absolute atomic E-state index is 14.4. The lowest BCUT2D eigenvalue weighted by molar-refractivity contribution is -0.140. The molecule has 2 aromatic carbocycles. The molecule has 2 aliphatic rings. The van der Waals surface area contributed by atoms with Crippen LogP contribution >= 0.6 is 39.1 Å². The molecule has 14 heteroatoms. The van der Waals surface area contributed by atoms with Gasteiger partial charge in [0.15, 0.2) is 0 Å². The van der Waals surface area contributed by atoms with Crippen molar-refractivity contribution in [1.82, 2.24) is 20.3 Å². The number of carbonyl (C=O) groups is 2. The minimum atomic E-state index is -3.73. The highest BCUT2D eigenvalue weighted by Crippen LogP contribution is 2.28. The third-order valence-corrected chi connectivity index (χ3v) is 9.86. The Kier molecular flexibility index (Phi) is 12.3. The summed E-state index contributed by atoms with van der Waals surface area (Å²) in [5, 5.41) is 6.80. The van der Waals surface area contributed by atoms with Crippen LogP contribution in [-0.4, -0.2) is 69.2 Å². The second-order valence-electron chi connectivity index (χ2n) is 11.1. The molecule has 4 rings (SSSR count). The molecule has 0 spiro atoms. The van der Waals surface area contributed by atoms with E-state index in [2.05, 4.69) is 31.3 Å². The van der Waals surface area contributed by atoms with Gasteiger partial charge in [-0.3, -0.25) is 9.59 Å². The first kappa shape index (κ1) is 34.1. The average Bonchev–Trinajstić information content (AvgIpc) is 3.39. The van der Waals surface area contributed by atoms with Gasteiger partial charge in [-0.25, -0.2) is 17.5 Å². The molecular weight excluding hydrogens is 686 g/mol. The molecule has 2 fully saturated rings. The van der Waals surface area contributed by atoms with E-state index >= 15 is 0 Å². The molecule has 9 nitrogen and oxygen atoms in total. The smallest absolute Gasteiger partial charge is 0.243 e. The van der Waals surface area contributed by atoms with Gasteiger partial charge >= 0.3 is 0 Å². The van der Waals surface area contributed by atoms with E-state index in [1.165, 1.54) is 11.0 Å². The van der Waals surface area contributed by atoms with Gasteiger partial charge in [0.25, 0.3) is 0 Å². The Balaban J connectivity index is 1.51. The molecule has 3 N–H and O–H groups in total. The zero-order valence-electron chi connectivity index (χ0n) is 23.8. The van der Waals surface area contributed by atoms with Gasteiger partial charge in [0.2, 0.25) is 21.8 Å². The van der Waals surface area contributed by atoms with E-state index in [9.17, 15) is 22.4 Å². The zero-order valence-corrected chi connectivity index (χ0v) is 27.7. The summed E-state index contributed by atoms with van der Waals surface area (Å²) in [6.45, 7) is 1.83. The Morgan fingerprint density at radius 2 is 1.93 bits per heavy atom. The van der Waals surface area contributed by atoms with Crippen LogP contribution in [0.2, 0.25) is 10.0 Å². The van der Waals surface area contributed by atoms with Crippen molar-refractivity contribution in [2.45, 2.75) is 63.4 Å². The molecule has 2 aromatic rings. The molecule has 2 saturated heterocycles. The van der Waals surface area contributed by atoms with Gasteiger partial charge in [0.05, 0.1) is 29.0 Å². The lowest BCUT2D eigenvalue weighted by Crippen LogP contribution is -2.53. The monoisotopic (exact) mass is 720 g/mol. The quantitative estimate of drug-likeness (QED) is 0.300. The number of rotatable bonds is 12. The topological polar surface area (TPSA) is 117 Å². The number of likely N-dealkylation sites (tertiary alicyclic amines) is 1. The van der Waals surface area contributed by atoms with Crippen LogP contribution in [-0.2, 0) is 37.5 Å². The first-order valence-corrected chi connectivity index (χ1v) is 17.6. The molecular formula is C29H36BrCl2FN4O5S. The molecule has 236 valence electrons. The lowest BCUT2D eigenvalue weighted by Gasteiger charge is -2.30. The summed E-state index contributed by atoms with van der Waals surface area (Å²) < 4.78 is 48.0. The standard InChI is InChI=1S/C29H36BrCl2FN4O5S/c1-43(40,41)36-25(8-5-18-9-11-34-12-10-18)29(39)37-16-22(42-17-20-6-7-21(30)13-24(20)33)14-26(37)28(38)35-15-19-3-2-4-23(31)27(19)32/h2-4,6-7,13,18,22,25-26,34,36H,5,8-12,14-17H2,1H3,(H,35,38)/t22-,25-,26-/m1/s1. The third-order valence-electron chi connectivity index (χ3n) is 7.80. The molecule has 0 aromatic heterocycles. The zero-order chi connectivity index (χ0) is 31.1. The third kappa shape index (κ3) is 9.84. The SMILES string of the molecule is CS(=O)(=O)N[C@H](CCC1CCNCC1)C(=O)N1C[C@H](OCc2ccc(Br)cc2F)C[C@@H]1C(=O)NCc1cccc(Cl)c1Cl.